The first kappa shape index (κ1) is 14.7. The number of carbonyl (C=O) groups is 3. The van der Waals surface area contributed by atoms with Crippen molar-refractivity contribution in [1.29, 1.82) is 0 Å². The molecule has 0 aromatic heterocycles. The van der Waals surface area contributed by atoms with Gasteiger partial charge in [-0.1, -0.05) is 6.07 Å². The van der Waals surface area contributed by atoms with Crippen LogP contribution in [0.4, 0.5) is 0 Å². The highest BCUT2D eigenvalue weighted by molar-refractivity contribution is 5.99. The van der Waals surface area contributed by atoms with Crippen LogP contribution in [0.15, 0.2) is 24.3 Å². The number of carbonyl (C=O) groups excluding carboxylic acids is 3. The summed E-state index contributed by atoms with van der Waals surface area (Å²) in [7, 11) is 2.50. The zero-order valence-corrected chi connectivity index (χ0v) is 10.9. The Kier molecular flexibility index (Phi) is 5.05. The molecule has 19 heavy (non-hydrogen) atoms. The fourth-order valence-corrected chi connectivity index (χ4v) is 1.42. The van der Waals surface area contributed by atoms with E-state index >= 15 is 0 Å². The molecule has 1 rings (SSSR count). The van der Waals surface area contributed by atoms with Gasteiger partial charge in [0.25, 0.3) is 5.91 Å². The summed E-state index contributed by atoms with van der Waals surface area (Å²) in [5, 5.41) is 2.47. The zero-order chi connectivity index (χ0) is 14.4. The average Bonchev–Trinajstić information content (AvgIpc) is 2.45. The third-order valence-electron chi connectivity index (χ3n) is 2.45. The Bertz CT molecular complexity index is 498. The summed E-state index contributed by atoms with van der Waals surface area (Å²) in [6, 6.07) is 5.26. The topological polar surface area (TPSA) is 81.7 Å². The summed E-state index contributed by atoms with van der Waals surface area (Å²) in [5.74, 6) is -1.54. The van der Waals surface area contributed by atoms with E-state index in [-0.39, 0.29) is 11.1 Å². The van der Waals surface area contributed by atoms with Gasteiger partial charge >= 0.3 is 11.9 Å². The number of nitrogens with one attached hydrogen (secondary N) is 1. The Morgan fingerprint density at radius 3 is 2.32 bits per heavy atom. The van der Waals surface area contributed by atoms with Crippen LogP contribution < -0.4 is 5.32 Å². The van der Waals surface area contributed by atoms with Crippen LogP contribution in [0, 0.1) is 0 Å². The Hall–Kier alpha value is -2.37. The fourth-order valence-electron chi connectivity index (χ4n) is 1.42. The predicted octanol–water partition coefficient (Wildman–Crippen LogP) is 0.764. The normalized spacial score (nSPS) is 11.3. The van der Waals surface area contributed by atoms with E-state index in [4.69, 9.17) is 0 Å². The van der Waals surface area contributed by atoms with Crippen LogP contribution in [0.5, 0.6) is 0 Å². The van der Waals surface area contributed by atoms with E-state index < -0.39 is 23.9 Å². The first-order valence-corrected chi connectivity index (χ1v) is 5.56. The molecule has 1 amide bonds. The summed E-state index contributed by atoms with van der Waals surface area (Å²) in [6.07, 6.45) is 0. The molecule has 0 bridgehead atoms. The molecule has 0 aliphatic rings. The minimum atomic E-state index is -0.765. The highest BCUT2D eigenvalue weighted by Crippen LogP contribution is 2.07. The largest absolute Gasteiger partial charge is 0.467 e. The van der Waals surface area contributed by atoms with Crippen molar-refractivity contribution >= 4 is 17.8 Å². The third kappa shape index (κ3) is 3.80. The monoisotopic (exact) mass is 265 g/mol. The molecule has 1 N–H and O–H groups in total. The summed E-state index contributed by atoms with van der Waals surface area (Å²) < 4.78 is 9.06. The van der Waals surface area contributed by atoms with Crippen molar-refractivity contribution in [3.05, 3.63) is 35.4 Å². The van der Waals surface area contributed by atoms with E-state index in [1.54, 1.807) is 6.07 Å². The smallest absolute Gasteiger partial charge is 0.337 e. The van der Waals surface area contributed by atoms with E-state index in [2.05, 4.69) is 14.8 Å². The van der Waals surface area contributed by atoms with Crippen molar-refractivity contribution < 1.29 is 23.9 Å². The van der Waals surface area contributed by atoms with Crippen molar-refractivity contribution in [2.75, 3.05) is 14.2 Å². The number of hydrogen-bond acceptors (Lipinski definition) is 5. The van der Waals surface area contributed by atoms with Crippen LogP contribution in [-0.2, 0) is 14.3 Å². The molecule has 1 atom stereocenters. The highest BCUT2D eigenvalue weighted by Gasteiger charge is 2.17. The Morgan fingerprint density at radius 2 is 1.74 bits per heavy atom. The molecule has 6 heteroatoms. The number of ether oxygens (including phenoxy) is 2. The second-order valence-corrected chi connectivity index (χ2v) is 3.79. The van der Waals surface area contributed by atoms with E-state index in [0.29, 0.717) is 0 Å². The maximum atomic E-state index is 11.9. The maximum Gasteiger partial charge on any atom is 0.337 e. The minimum Gasteiger partial charge on any atom is -0.467 e. The molecule has 0 spiro atoms. The van der Waals surface area contributed by atoms with Crippen molar-refractivity contribution in [2.24, 2.45) is 0 Å². The zero-order valence-electron chi connectivity index (χ0n) is 10.9. The van der Waals surface area contributed by atoms with Crippen molar-refractivity contribution in [3.63, 3.8) is 0 Å². The van der Waals surface area contributed by atoms with Gasteiger partial charge < -0.3 is 14.8 Å². The highest BCUT2D eigenvalue weighted by atomic mass is 16.5. The van der Waals surface area contributed by atoms with Crippen molar-refractivity contribution in [1.82, 2.24) is 5.32 Å². The maximum absolute atomic E-state index is 11.9. The molecule has 1 aromatic rings. The number of methoxy groups -OCH3 is 2. The molecule has 0 aliphatic carbocycles. The molecular formula is C13H15NO5. The lowest BCUT2D eigenvalue weighted by Gasteiger charge is -2.11. The molecule has 6 nitrogen and oxygen atoms in total. The number of hydrogen-bond donors (Lipinski definition) is 1. The van der Waals surface area contributed by atoms with Gasteiger partial charge in [0.1, 0.15) is 6.04 Å². The van der Waals surface area contributed by atoms with Gasteiger partial charge in [-0.3, -0.25) is 4.79 Å². The molecule has 0 saturated heterocycles. The number of amides is 1. The third-order valence-corrected chi connectivity index (χ3v) is 2.45. The first-order valence-electron chi connectivity index (χ1n) is 5.56. The molecule has 0 aliphatic heterocycles. The molecule has 0 radical (unpaired) electrons. The van der Waals surface area contributed by atoms with E-state index in [1.165, 1.54) is 39.3 Å². The summed E-state index contributed by atoms with van der Waals surface area (Å²) >= 11 is 0. The minimum absolute atomic E-state index is 0.263. The lowest BCUT2D eigenvalue weighted by atomic mass is 10.1. The lowest BCUT2D eigenvalue weighted by Crippen LogP contribution is -2.39. The van der Waals surface area contributed by atoms with Gasteiger partial charge in [-0.2, -0.15) is 0 Å². The number of esters is 2. The molecule has 0 fully saturated rings. The van der Waals surface area contributed by atoms with Crippen LogP contribution in [0.25, 0.3) is 0 Å². The van der Waals surface area contributed by atoms with Crippen LogP contribution in [0.1, 0.15) is 27.6 Å². The van der Waals surface area contributed by atoms with Crippen molar-refractivity contribution in [3.8, 4) is 0 Å². The Balaban J connectivity index is 2.83. The van der Waals surface area contributed by atoms with E-state index in [0.717, 1.165) is 0 Å². The average molecular weight is 265 g/mol. The van der Waals surface area contributed by atoms with Gasteiger partial charge in [-0.25, -0.2) is 9.59 Å². The van der Waals surface area contributed by atoms with E-state index in [1.807, 2.05) is 0 Å². The van der Waals surface area contributed by atoms with Gasteiger partial charge in [-0.15, -0.1) is 0 Å². The Morgan fingerprint density at radius 1 is 1.11 bits per heavy atom. The van der Waals surface area contributed by atoms with Gasteiger partial charge in [0.2, 0.25) is 0 Å². The summed E-state index contributed by atoms with van der Waals surface area (Å²) in [5.41, 5.74) is 0.527. The van der Waals surface area contributed by atoms with Gasteiger partial charge in [0, 0.05) is 5.56 Å². The van der Waals surface area contributed by atoms with Crippen LogP contribution in [-0.4, -0.2) is 38.1 Å². The van der Waals surface area contributed by atoms with Crippen LogP contribution in [0.2, 0.25) is 0 Å². The summed E-state index contributed by atoms with van der Waals surface area (Å²) in [6.45, 7) is 1.51. The SMILES string of the molecule is COC(=O)c1cccc(C(=O)N[C@H](C)C(=O)OC)c1. The quantitative estimate of drug-likeness (QED) is 0.813. The molecule has 0 heterocycles. The molecule has 1 aromatic carbocycles. The van der Waals surface area contributed by atoms with Gasteiger partial charge in [0.05, 0.1) is 19.8 Å². The molecular weight excluding hydrogens is 250 g/mol. The second kappa shape index (κ2) is 6.53. The van der Waals surface area contributed by atoms with Gasteiger partial charge in [-0.05, 0) is 25.1 Å². The predicted molar refractivity (Wildman–Crippen MR) is 66.7 cm³/mol. The number of rotatable bonds is 4. The van der Waals surface area contributed by atoms with Crippen LogP contribution in [0.3, 0.4) is 0 Å². The van der Waals surface area contributed by atoms with E-state index in [9.17, 15) is 14.4 Å². The Labute approximate surface area is 110 Å². The van der Waals surface area contributed by atoms with Crippen molar-refractivity contribution in [2.45, 2.75) is 13.0 Å². The first-order chi connectivity index (χ1) is 8.99. The standard InChI is InChI=1S/C13H15NO5/c1-8(12(16)18-2)14-11(15)9-5-4-6-10(7-9)13(17)19-3/h4-8H,1-3H3,(H,14,15)/t8-/m1/s1. The molecule has 0 saturated carbocycles. The molecule has 0 unspecified atom stereocenters. The molecule has 102 valence electrons. The van der Waals surface area contributed by atoms with Crippen LogP contribution >= 0.6 is 0 Å². The van der Waals surface area contributed by atoms with Gasteiger partial charge in [0.15, 0.2) is 0 Å². The second-order valence-electron chi connectivity index (χ2n) is 3.79. The summed E-state index contributed by atoms with van der Waals surface area (Å²) in [4.78, 5) is 34.4. The fraction of sp³-hybridized carbons (Fsp3) is 0.308. The lowest BCUT2D eigenvalue weighted by molar-refractivity contribution is -0.142. The number of benzene rings is 1.